The number of carbonyl (C=O) groups is 3. The van der Waals surface area contributed by atoms with Crippen LogP contribution in [0.4, 0.5) is 4.39 Å². The van der Waals surface area contributed by atoms with Crippen LogP contribution in [-0.4, -0.2) is 112 Å². The number of carbonyl (C=O) groups excluding carboxylic acids is 1. The molecule has 1 aromatic carbocycles. The van der Waals surface area contributed by atoms with Crippen molar-refractivity contribution in [2.45, 2.75) is 56.5 Å². The molecule has 0 bridgehead atoms. The van der Waals surface area contributed by atoms with Crippen molar-refractivity contribution in [2.75, 3.05) is 39.4 Å². The Hall–Kier alpha value is -3.06. The molecule has 2 aliphatic heterocycles. The number of hydrogen-bond acceptors (Lipinski definition) is 8. The highest BCUT2D eigenvalue weighted by molar-refractivity contribution is 5.91. The second-order valence-electron chi connectivity index (χ2n) is 9.46. The van der Waals surface area contributed by atoms with E-state index in [1.165, 1.54) is 37.5 Å². The van der Waals surface area contributed by atoms with Crippen LogP contribution in [0.5, 0.6) is 5.75 Å². The molecule has 1 amide bonds. The summed E-state index contributed by atoms with van der Waals surface area (Å²) in [6.45, 7) is 4.42. The largest absolute Gasteiger partial charge is 0.490 e. The van der Waals surface area contributed by atoms with Crippen LogP contribution >= 0.6 is 0 Å². The highest BCUT2D eigenvalue weighted by Crippen LogP contribution is 2.29. The Kier molecular flexibility index (Phi) is 11.0. The molecular formula is C26H35FN2O9. The van der Waals surface area contributed by atoms with E-state index in [0.717, 1.165) is 32.0 Å². The first-order valence-corrected chi connectivity index (χ1v) is 12.7. The van der Waals surface area contributed by atoms with E-state index in [9.17, 15) is 18.8 Å². The topological polar surface area (TPSA) is 157 Å². The maximum atomic E-state index is 14.4. The Labute approximate surface area is 220 Å². The van der Waals surface area contributed by atoms with Gasteiger partial charge in [0.25, 0.3) is 0 Å². The number of aliphatic hydroxyl groups excluding tert-OH is 2. The number of piperidine rings is 1. The maximum absolute atomic E-state index is 14.4. The zero-order chi connectivity index (χ0) is 27.7. The lowest BCUT2D eigenvalue weighted by molar-refractivity contribution is -0.165. The first-order valence-electron chi connectivity index (χ1n) is 12.7. The monoisotopic (exact) mass is 538 g/mol. The van der Waals surface area contributed by atoms with Crippen molar-refractivity contribution in [3.63, 3.8) is 0 Å². The van der Waals surface area contributed by atoms with Crippen LogP contribution in [-0.2, 0) is 19.1 Å². The minimum atomic E-state index is -2.27. The molecule has 2 heterocycles. The van der Waals surface area contributed by atoms with Crippen molar-refractivity contribution >= 4 is 23.9 Å². The smallest absolute Gasteiger partial charge is 0.335 e. The van der Waals surface area contributed by atoms with E-state index in [1.807, 2.05) is 0 Å². The average Bonchev–Trinajstić information content (AvgIpc) is 2.88. The van der Waals surface area contributed by atoms with Crippen LogP contribution < -0.4 is 4.74 Å². The molecule has 38 heavy (non-hydrogen) atoms. The first kappa shape index (κ1) is 29.5. The van der Waals surface area contributed by atoms with Crippen LogP contribution in [0.2, 0.25) is 0 Å². The van der Waals surface area contributed by atoms with Crippen LogP contribution in [0.3, 0.4) is 0 Å². The molecule has 11 nitrogen and oxygen atoms in total. The third kappa shape index (κ3) is 8.48. The van der Waals surface area contributed by atoms with Gasteiger partial charge in [-0.15, -0.1) is 0 Å². The van der Waals surface area contributed by atoms with Crippen molar-refractivity contribution in [2.24, 2.45) is 0 Å². The molecule has 3 aliphatic rings. The maximum Gasteiger partial charge on any atom is 0.335 e. The van der Waals surface area contributed by atoms with Crippen LogP contribution in [0, 0.1) is 5.82 Å². The predicted molar refractivity (Wildman–Crippen MR) is 133 cm³/mol. The van der Waals surface area contributed by atoms with Crippen molar-refractivity contribution in [1.29, 1.82) is 0 Å². The quantitative estimate of drug-likeness (QED) is 0.352. The number of nitrogens with zero attached hydrogens (tertiary/aromatic N) is 2. The van der Waals surface area contributed by atoms with Gasteiger partial charge in [0.1, 0.15) is 17.7 Å². The zero-order valence-electron chi connectivity index (χ0n) is 21.1. The third-order valence-corrected chi connectivity index (χ3v) is 6.88. The molecule has 2 atom stereocenters. The van der Waals surface area contributed by atoms with Gasteiger partial charge in [0.2, 0.25) is 5.91 Å². The highest BCUT2D eigenvalue weighted by Gasteiger charge is 2.30. The van der Waals surface area contributed by atoms with Gasteiger partial charge in [0.05, 0.1) is 13.2 Å². The molecule has 2 saturated heterocycles. The molecule has 3 fully saturated rings. The molecule has 4 rings (SSSR count). The molecule has 12 heteroatoms. The lowest BCUT2D eigenvalue weighted by atomic mass is 9.90. The highest BCUT2D eigenvalue weighted by atomic mass is 19.1. The summed E-state index contributed by atoms with van der Waals surface area (Å²) in [6, 6.07) is 5.68. The van der Waals surface area contributed by atoms with Gasteiger partial charge in [-0.05, 0) is 43.9 Å². The first-order chi connectivity index (χ1) is 18.2. The zero-order valence-corrected chi connectivity index (χ0v) is 21.1. The van der Waals surface area contributed by atoms with Crippen LogP contribution in [0.25, 0.3) is 6.08 Å². The normalized spacial score (nSPS) is 20.7. The summed E-state index contributed by atoms with van der Waals surface area (Å²) in [5.41, 5.74) is 0.397. The Morgan fingerprint density at radius 1 is 0.974 bits per heavy atom. The molecule has 210 valence electrons. The fraction of sp³-hybridized carbons (Fsp3) is 0.577. The lowest BCUT2D eigenvalue weighted by Gasteiger charge is -2.41. The van der Waals surface area contributed by atoms with E-state index in [2.05, 4.69) is 4.90 Å². The third-order valence-electron chi connectivity index (χ3n) is 6.88. The summed E-state index contributed by atoms with van der Waals surface area (Å²) in [4.78, 5) is 36.0. The molecular weight excluding hydrogens is 503 g/mol. The molecule has 0 aromatic heterocycles. The number of likely N-dealkylation sites (tertiary alicyclic amines) is 1. The summed E-state index contributed by atoms with van der Waals surface area (Å²) in [7, 11) is 0. The molecule has 4 N–H and O–H groups in total. The molecule has 1 saturated carbocycles. The van der Waals surface area contributed by atoms with Gasteiger partial charge < -0.3 is 39.7 Å². The fourth-order valence-corrected chi connectivity index (χ4v) is 4.34. The minimum Gasteiger partial charge on any atom is -0.490 e. The summed E-state index contributed by atoms with van der Waals surface area (Å²) in [5, 5.41) is 32.5. The second-order valence-corrected chi connectivity index (χ2v) is 9.46. The number of carboxylic acids is 2. The number of aliphatic carboxylic acids is 2. The van der Waals surface area contributed by atoms with Gasteiger partial charge in [-0.25, -0.2) is 14.0 Å². The summed E-state index contributed by atoms with van der Waals surface area (Å²) in [5.74, 6) is -3.45. The van der Waals surface area contributed by atoms with Crippen molar-refractivity contribution in [1.82, 2.24) is 9.80 Å². The SMILES string of the molecule is O=C(/C=C/c1ccc(OC2CCN(C3CCC3)CC2)cc1F)N1CCOCC1.O=C(O)[C@H](O)[C@@H](O)C(=O)O. The number of morpholine rings is 1. The number of ether oxygens (including phenoxy) is 2. The van der Waals surface area contributed by atoms with Crippen molar-refractivity contribution in [3.05, 3.63) is 35.7 Å². The molecule has 0 unspecified atom stereocenters. The molecule has 0 radical (unpaired) electrons. The number of aliphatic hydroxyl groups is 2. The standard InChI is InChI=1S/C22H29FN2O3.C4H6O6/c23-21-16-20(28-19-8-10-24(11-9-19)18-2-1-3-18)6-4-17(21)5-7-22(26)25-12-14-27-15-13-25;5-1(3(7)8)2(6)4(9)10/h4-7,16,18-19H,1-3,8-15H2;1-2,5-6H,(H,7,8)(H,9,10)/b7-5+;/t;1-,2-/m.1/s1. The van der Waals surface area contributed by atoms with E-state index in [1.54, 1.807) is 17.0 Å². The lowest BCUT2D eigenvalue weighted by Crippen LogP contribution is -2.46. The van der Waals surface area contributed by atoms with Crippen LogP contribution in [0.15, 0.2) is 24.3 Å². The van der Waals surface area contributed by atoms with Gasteiger partial charge in [0.15, 0.2) is 12.2 Å². The van der Waals surface area contributed by atoms with Gasteiger partial charge in [-0.2, -0.15) is 0 Å². The Morgan fingerprint density at radius 2 is 1.58 bits per heavy atom. The summed E-state index contributed by atoms with van der Waals surface area (Å²) >= 11 is 0. The Morgan fingerprint density at radius 3 is 2.08 bits per heavy atom. The number of rotatable bonds is 8. The second kappa shape index (κ2) is 14.2. The Bertz CT molecular complexity index is 969. The van der Waals surface area contributed by atoms with E-state index in [0.29, 0.717) is 37.6 Å². The molecule has 0 spiro atoms. The van der Waals surface area contributed by atoms with Crippen molar-refractivity contribution < 1.29 is 48.7 Å². The van der Waals surface area contributed by atoms with E-state index in [-0.39, 0.29) is 17.8 Å². The Balaban J connectivity index is 0.000000342. The number of carboxylic acid groups (broad SMARTS) is 2. The number of benzene rings is 1. The average molecular weight is 539 g/mol. The van der Waals surface area contributed by atoms with E-state index < -0.39 is 24.1 Å². The van der Waals surface area contributed by atoms with Gasteiger partial charge in [0, 0.05) is 49.9 Å². The van der Waals surface area contributed by atoms with Gasteiger partial charge >= 0.3 is 11.9 Å². The number of hydrogen-bond donors (Lipinski definition) is 4. The molecule has 1 aromatic rings. The van der Waals surface area contributed by atoms with E-state index in [4.69, 9.17) is 29.9 Å². The summed E-state index contributed by atoms with van der Waals surface area (Å²) < 4.78 is 25.7. The van der Waals surface area contributed by atoms with Gasteiger partial charge in [-0.1, -0.05) is 6.42 Å². The van der Waals surface area contributed by atoms with Crippen LogP contribution in [0.1, 0.15) is 37.7 Å². The minimum absolute atomic E-state index is 0.110. The number of amides is 1. The number of halogens is 1. The summed E-state index contributed by atoms with van der Waals surface area (Å²) in [6.07, 6.45) is 4.60. The van der Waals surface area contributed by atoms with E-state index >= 15 is 0 Å². The molecule has 1 aliphatic carbocycles. The fourth-order valence-electron chi connectivity index (χ4n) is 4.34. The predicted octanol–water partition coefficient (Wildman–Crippen LogP) is 0.971. The van der Waals surface area contributed by atoms with Gasteiger partial charge in [-0.3, -0.25) is 4.79 Å². The van der Waals surface area contributed by atoms with Crippen molar-refractivity contribution in [3.8, 4) is 5.75 Å².